The van der Waals surface area contributed by atoms with Crippen LogP contribution in [-0.4, -0.2) is 48.7 Å². The lowest BCUT2D eigenvalue weighted by molar-refractivity contribution is -0.152. The van der Waals surface area contributed by atoms with Gasteiger partial charge >= 0.3 is 0 Å². The third-order valence-corrected chi connectivity index (χ3v) is 9.72. The number of nitrogens with zero attached hydrogens (tertiary/aromatic N) is 1. The summed E-state index contributed by atoms with van der Waals surface area (Å²) >= 11 is 38.2. The lowest BCUT2D eigenvalue weighted by Gasteiger charge is -2.36. The molecule has 2 aliphatic heterocycles. The fourth-order valence-corrected chi connectivity index (χ4v) is 7.18. The molecule has 5 atom stereocenters. The minimum absolute atomic E-state index is 0.00601. The SMILES string of the molecule is O=C1CC[C@@H](N2C(=O)[C@@H]3[C@H](C2=O)[C@]2(Cl)C(Cl)=C(Cl)[C@]3(Cl)C2(Cl)Cl)C(=O)N1. The van der Waals surface area contributed by atoms with Gasteiger partial charge in [-0.2, -0.15) is 0 Å². The van der Waals surface area contributed by atoms with E-state index in [9.17, 15) is 19.2 Å². The zero-order valence-electron chi connectivity index (χ0n) is 12.5. The van der Waals surface area contributed by atoms with Crippen molar-refractivity contribution in [3.05, 3.63) is 10.1 Å². The van der Waals surface area contributed by atoms with Gasteiger partial charge in [-0.1, -0.05) is 46.4 Å². The number of allylic oxidation sites excluding steroid dienone is 2. The first-order valence-electron chi connectivity index (χ1n) is 7.44. The molecule has 1 saturated carbocycles. The topological polar surface area (TPSA) is 83.6 Å². The molecular formula is C14H8Cl6N2O4. The van der Waals surface area contributed by atoms with E-state index in [-0.39, 0.29) is 22.9 Å². The van der Waals surface area contributed by atoms with Crippen LogP contribution >= 0.6 is 69.6 Å². The Morgan fingerprint density at radius 1 is 0.885 bits per heavy atom. The smallest absolute Gasteiger partial charge is 0.249 e. The molecule has 26 heavy (non-hydrogen) atoms. The second-order valence-electron chi connectivity index (χ2n) is 6.59. The predicted molar refractivity (Wildman–Crippen MR) is 95.3 cm³/mol. The summed E-state index contributed by atoms with van der Waals surface area (Å²) in [4.78, 5) is 46.5. The predicted octanol–water partition coefficient (Wildman–Crippen LogP) is 2.24. The van der Waals surface area contributed by atoms with Crippen LogP contribution in [0.25, 0.3) is 0 Å². The van der Waals surface area contributed by atoms with Gasteiger partial charge in [0.2, 0.25) is 23.6 Å². The van der Waals surface area contributed by atoms with Gasteiger partial charge in [-0.3, -0.25) is 29.4 Å². The van der Waals surface area contributed by atoms with E-state index in [0.29, 0.717) is 0 Å². The minimum Gasteiger partial charge on any atom is -0.295 e. The maximum Gasteiger partial charge on any atom is 0.249 e. The van der Waals surface area contributed by atoms with E-state index in [1.165, 1.54) is 0 Å². The Hall–Kier alpha value is -0.240. The van der Waals surface area contributed by atoms with Gasteiger partial charge in [0, 0.05) is 6.42 Å². The summed E-state index contributed by atoms with van der Waals surface area (Å²) in [6, 6.07) is -1.16. The van der Waals surface area contributed by atoms with Crippen LogP contribution in [0.15, 0.2) is 10.1 Å². The number of alkyl halides is 4. The monoisotopic (exact) mass is 478 g/mol. The molecule has 0 spiro atoms. The van der Waals surface area contributed by atoms with E-state index in [2.05, 4.69) is 5.32 Å². The number of rotatable bonds is 1. The standard InChI is InChI=1S/C14H8Cl6N2O4/c15-7-8(16)13(18)6-5(12(7,17)14(13,19)20)10(25)22(11(6)26)3-1-2-4(23)21-9(3)24/h3,5-6H,1-2H2,(H,21,23,24)/t3-,5-,6+,12+,13+/m1/s1. The number of carbonyl (C=O) groups excluding carboxylic acids is 4. The first-order chi connectivity index (χ1) is 11.9. The van der Waals surface area contributed by atoms with Crippen LogP contribution in [0.1, 0.15) is 12.8 Å². The number of likely N-dealkylation sites (tertiary alicyclic amines) is 1. The molecule has 1 N–H and O–H groups in total. The Bertz CT molecular complexity index is 797. The Kier molecular flexibility index (Phi) is 3.98. The van der Waals surface area contributed by atoms with Crippen LogP contribution in [0.5, 0.6) is 0 Å². The summed E-state index contributed by atoms with van der Waals surface area (Å²) in [6.45, 7) is 0. The lowest BCUT2D eigenvalue weighted by Crippen LogP contribution is -2.57. The zero-order valence-corrected chi connectivity index (χ0v) is 17.0. The molecular weight excluding hydrogens is 473 g/mol. The lowest BCUT2D eigenvalue weighted by atomic mass is 9.84. The average molecular weight is 481 g/mol. The van der Waals surface area contributed by atoms with Crippen molar-refractivity contribution in [1.82, 2.24) is 10.2 Å². The molecule has 2 aliphatic carbocycles. The van der Waals surface area contributed by atoms with Gasteiger partial charge in [0.15, 0.2) is 4.33 Å². The van der Waals surface area contributed by atoms with Gasteiger partial charge in [-0.15, -0.1) is 23.2 Å². The van der Waals surface area contributed by atoms with Crippen molar-refractivity contribution in [2.45, 2.75) is 33.0 Å². The zero-order chi connectivity index (χ0) is 19.4. The normalized spacial score (nSPS) is 44.1. The highest BCUT2D eigenvalue weighted by Gasteiger charge is 2.87. The van der Waals surface area contributed by atoms with Crippen LogP contribution in [0.3, 0.4) is 0 Å². The van der Waals surface area contributed by atoms with E-state index < -0.39 is 55.6 Å². The highest BCUT2D eigenvalue weighted by atomic mass is 35.5. The summed E-state index contributed by atoms with van der Waals surface area (Å²) in [5, 5.41) is 1.70. The highest BCUT2D eigenvalue weighted by molar-refractivity contribution is 6.66. The van der Waals surface area contributed by atoms with Crippen LogP contribution in [-0.2, 0) is 19.2 Å². The molecule has 6 nitrogen and oxygen atoms in total. The van der Waals surface area contributed by atoms with E-state index in [0.717, 1.165) is 4.90 Å². The molecule has 2 bridgehead atoms. The molecule has 3 fully saturated rings. The van der Waals surface area contributed by atoms with Gasteiger partial charge in [-0.25, -0.2) is 0 Å². The summed E-state index contributed by atoms with van der Waals surface area (Å²) in [5.74, 6) is -5.37. The summed E-state index contributed by atoms with van der Waals surface area (Å²) in [6.07, 6.45) is -0.0243. The molecule has 4 rings (SSSR count). The number of carbonyl (C=O) groups is 4. The second-order valence-corrected chi connectivity index (χ2v) is 9.87. The van der Waals surface area contributed by atoms with Crippen molar-refractivity contribution < 1.29 is 19.2 Å². The van der Waals surface area contributed by atoms with Crippen molar-refractivity contribution in [2.75, 3.05) is 0 Å². The molecule has 12 heteroatoms. The Labute approximate surface area is 177 Å². The molecule has 4 aliphatic rings. The number of fused-ring (bicyclic) bond motifs is 5. The Morgan fingerprint density at radius 2 is 1.35 bits per heavy atom. The molecule has 2 saturated heterocycles. The van der Waals surface area contributed by atoms with Gasteiger partial charge in [0.1, 0.15) is 15.8 Å². The van der Waals surface area contributed by atoms with Crippen LogP contribution in [0.2, 0.25) is 0 Å². The molecule has 0 aromatic rings. The first kappa shape index (κ1) is 19.1. The average Bonchev–Trinajstić information content (AvgIpc) is 2.93. The fourth-order valence-electron chi connectivity index (χ4n) is 4.25. The van der Waals surface area contributed by atoms with Crippen LogP contribution in [0, 0.1) is 11.8 Å². The van der Waals surface area contributed by atoms with Gasteiger partial charge < -0.3 is 0 Å². The summed E-state index contributed by atoms with van der Waals surface area (Å²) in [5.41, 5.74) is 0. The summed E-state index contributed by atoms with van der Waals surface area (Å²) in [7, 11) is 0. The summed E-state index contributed by atoms with van der Waals surface area (Å²) < 4.78 is -2.02. The molecule has 0 aromatic heterocycles. The van der Waals surface area contributed by atoms with Crippen molar-refractivity contribution >= 4 is 93.2 Å². The van der Waals surface area contributed by atoms with Crippen LogP contribution in [0.4, 0.5) is 0 Å². The van der Waals surface area contributed by atoms with E-state index >= 15 is 0 Å². The quantitative estimate of drug-likeness (QED) is 0.461. The number of halogens is 6. The van der Waals surface area contributed by atoms with E-state index in [1.807, 2.05) is 0 Å². The number of nitrogens with one attached hydrogen (secondary N) is 1. The first-order valence-corrected chi connectivity index (χ1v) is 9.71. The molecule has 2 heterocycles. The molecule has 140 valence electrons. The van der Waals surface area contributed by atoms with Gasteiger partial charge in [0.25, 0.3) is 0 Å². The third-order valence-electron chi connectivity index (χ3n) is 5.46. The number of piperidine rings is 1. The van der Waals surface area contributed by atoms with Crippen molar-refractivity contribution in [3.8, 4) is 0 Å². The fraction of sp³-hybridized carbons (Fsp3) is 0.571. The van der Waals surface area contributed by atoms with E-state index in [4.69, 9.17) is 69.6 Å². The number of amides is 4. The third kappa shape index (κ3) is 1.80. The van der Waals surface area contributed by atoms with Crippen molar-refractivity contribution in [1.29, 1.82) is 0 Å². The largest absolute Gasteiger partial charge is 0.295 e. The number of hydrogen-bond donors (Lipinski definition) is 1. The second kappa shape index (κ2) is 5.43. The minimum atomic E-state index is -2.02. The number of imide groups is 2. The van der Waals surface area contributed by atoms with Gasteiger partial charge in [-0.05, 0) is 6.42 Å². The molecule has 0 unspecified atom stereocenters. The molecule has 0 radical (unpaired) electrons. The maximum absolute atomic E-state index is 13.1. The Balaban J connectivity index is 1.82. The van der Waals surface area contributed by atoms with Gasteiger partial charge in [0.05, 0.1) is 21.9 Å². The maximum atomic E-state index is 13.1. The van der Waals surface area contributed by atoms with Crippen molar-refractivity contribution in [2.24, 2.45) is 11.8 Å². The highest BCUT2D eigenvalue weighted by Crippen LogP contribution is 2.77. The number of hydrogen-bond acceptors (Lipinski definition) is 4. The molecule has 0 aromatic carbocycles. The molecule has 4 amide bonds. The van der Waals surface area contributed by atoms with Crippen molar-refractivity contribution in [3.63, 3.8) is 0 Å². The van der Waals surface area contributed by atoms with E-state index in [1.54, 1.807) is 0 Å². The Morgan fingerprint density at radius 3 is 1.77 bits per heavy atom. The van der Waals surface area contributed by atoms with Crippen LogP contribution < -0.4 is 5.32 Å².